The van der Waals surface area contributed by atoms with Crippen LogP contribution in [0.4, 0.5) is 15.9 Å². The van der Waals surface area contributed by atoms with E-state index in [0.29, 0.717) is 28.4 Å². The molecule has 0 saturated heterocycles. The molecule has 3 rings (SSSR count). The normalized spacial score (nSPS) is 11.6. The minimum atomic E-state index is -0.417. The highest BCUT2D eigenvalue weighted by Crippen LogP contribution is 2.24. The fourth-order valence-electron chi connectivity index (χ4n) is 2.33. The Morgan fingerprint density at radius 3 is 2.80 bits per heavy atom. The molecular formula is C18H17FN4O2. The average Bonchev–Trinajstić information content (AvgIpc) is 2.87. The first-order valence-corrected chi connectivity index (χ1v) is 7.81. The molecule has 0 unspecified atom stereocenters. The number of rotatable bonds is 4. The summed E-state index contributed by atoms with van der Waals surface area (Å²) in [5.41, 5.74) is 2.10. The van der Waals surface area contributed by atoms with Gasteiger partial charge in [0.25, 0.3) is 0 Å². The van der Waals surface area contributed by atoms with E-state index >= 15 is 0 Å². The fraction of sp³-hybridized carbons (Fsp3) is 0.222. The molecule has 6 nitrogen and oxygen atoms in total. The van der Waals surface area contributed by atoms with Crippen molar-refractivity contribution in [1.82, 2.24) is 9.38 Å². The van der Waals surface area contributed by atoms with Crippen LogP contribution in [0.2, 0.25) is 0 Å². The number of nitrogens with zero attached hydrogens (tertiary/aromatic N) is 4. The largest absolute Gasteiger partial charge is 0.459 e. The van der Waals surface area contributed by atoms with Crippen molar-refractivity contribution in [3.05, 3.63) is 59.7 Å². The lowest BCUT2D eigenvalue weighted by Gasteiger charge is -2.07. The number of esters is 1. The van der Waals surface area contributed by atoms with Crippen LogP contribution in [0.3, 0.4) is 0 Å². The molecule has 128 valence electrons. The molecule has 0 spiro atoms. The fourth-order valence-corrected chi connectivity index (χ4v) is 2.33. The Morgan fingerprint density at radius 1 is 1.24 bits per heavy atom. The van der Waals surface area contributed by atoms with E-state index in [9.17, 15) is 9.18 Å². The zero-order valence-corrected chi connectivity index (χ0v) is 14.1. The van der Waals surface area contributed by atoms with Gasteiger partial charge < -0.3 is 4.74 Å². The van der Waals surface area contributed by atoms with Crippen molar-refractivity contribution in [1.29, 1.82) is 0 Å². The summed E-state index contributed by atoms with van der Waals surface area (Å²) < 4.78 is 20.2. The number of aryl methyl sites for hydroxylation is 1. The van der Waals surface area contributed by atoms with Crippen LogP contribution in [0.5, 0.6) is 0 Å². The maximum Gasteiger partial charge on any atom is 0.338 e. The monoisotopic (exact) mass is 340 g/mol. The van der Waals surface area contributed by atoms with E-state index < -0.39 is 5.97 Å². The highest BCUT2D eigenvalue weighted by molar-refractivity contribution is 5.90. The van der Waals surface area contributed by atoms with Crippen LogP contribution in [0.15, 0.2) is 52.8 Å². The molecule has 0 aliphatic carbocycles. The van der Waals surface area contributed by atoms with E-state index in [4.69, 9.17) is 4.74 Å². The van der Waals surface area contributed by atoms with Gasteiger partial charge in [0.15, 0.2) is 5.82 Å². The molecule has 0 bridgehead atoms. The summed E-state index contributed by atoms with van der Waals surface area (Å²) in [6.45, 7) is 5.35. The molecular weight excluding hydrogens is 323 g/mol. The van der Waals surface area contributed by atoms with Gasteiger partial charge in [-0.1, -0.05) is 6.07 Å². The number of carbonyl (C=O) groups is 1. The van der Waals surface area contributed by atoms with E-state index in [1.807, 2.05) is 0 Å². The second-order valence-corrected chi connectivity index (χ2v) is 5.80. The number of benzene rings is 1. The second kappa shape index (κ2) is 6.80. The van der Waals surface area contributed by atoms with Crippen molar-refractivity contribution in [2.75, 3.05) is 0 Å². The number of azo groups is 1. The lowest BCUT2D eigenvalue weighted by Crippen LogP contribution is -2.11. The number of hydrogen-bond acceptors (Lipinski definition) is 5. The van der Waals surface area contributed by atoms with Crippen LogP contribution in [-0.4, -0.2) is 21.5 Å². The minimum absolute atomic E-state index is 0.200. The second-order valence-electron chi connectivity index (χ2n) is 5.80. The van der Waals surface area contributed by atoms with Gasteiger partial charge in [-0.15, -0.1) is 10.2 Å². The number of hydrogen-bond donors (Lipinski definition) is 0. The third kappa shape index (κ3) is 3.71. The lowest BCUT2D eigenvalue weighted by molar-refractivity contribution is 0.0378. The van der Waals surface area contributed by atoms with Gasteiger partial charge in [0.05, 0.1) is 23.0 Å². The Bertz CT molecular complexity index is 963. The molecule has 2 heterocycles. The van der Waals surface area contributed by atoms with Gasteiger partial charge >= 0.3 is 5.97 Å². The predicted molar refractivity (Wildman–Crippen MR) is 91.1 cm³/mol. The highest BCUT2D eigenvalue weighted by atomic mass is 19.1. The first-order valence-electron chi connectivity index (χ1n) is 7.81. The van der Waals surface area contributed by atoms with E-state index in [1.165, 1.54) is 16.7 Å². The Balaban J connectivity index is 1.91. The molecule has 0 fully saturated rings. The summed E-state index contributed by atoms with van der Waals surface area (Å²) >= 11 is 0. The van der Waals surface area contributed by atoms with Crippen molar-refractivity contribution in [3.8, 4) is 0 Å². The average molecular weight is 340 g/mol. The van der Waals surface area contributed by atoms with Gasteiger partial charge in [-0.05, 0) is 51.1 Å². The Hall–Kier alpha value is -3.09. The number of imidazole rings is 1. The number of ether oxygens (including phenoxy) is 1. The minimum Gasteiger partial charge on any atom is -0.459 e. The summed E-state index contributed by atoms with van der Waals surface area (Å²) in [6, 6.07) is 9.57. The van der Waals surface area contributed by atoms with Gasteiger partial charge in [-0.2, -0.15) is 0 Å². The predicted octanol–water partition coefficient (Wildman–Crippen LogP) is 4.76. The third-order valence-electron chi connectivity index (χ3n) is 3.41. The summed E-state index contributed by atoms with van der Waals surface area (Å²) in [7, 11) is 0. The molecule has 0 N–H and O–H groups in total. The van der Waals surface area contributed by atoms with Gasteiger partial charge in [0.2, 0.25) is 0 Å². The number of halogens is 1. The van der Waals surface area contributed by atoms with Crippen LogP contribution < -0.4 is 0 Å². The number of aromatic nitrogens is 2. The molecule has 0 aliphatic rings. The molecule has 0 saturated carbocycles. The smallest absolute Gasteiger partial charge is 0.338 e. The van der Waals surface area contributed by atoms with E-state index in [1.54, 1.807) is 51.1 Å². The molecule has 0 radical (unpaired) electrons. The Kier molecular flexibility index (Phi) is 4.56. The van der Waals surface area contributed by atoms with Crippen molar-refractivity contribution in [2.24, 2.45) is 10.2 Å². The zero-order chi connectivity index (χ0) is 18.0. The van der Waals surface area contributed by atoms with E-state index in [2.05, 4.69) is 15.2 Å². The molecule has 3 aromatic rings. The quantitative estimate of drug-likeness (QED) is 0.508. The van der Waals surface area contributed by atoms with Crippen molar-refractivity contribution < 1.29 is 13.9 Å². The van der Waals surface area contributed by atoms with E-state index in [-0.39, 0.29) is 11.9 Å². The van der Waals surface area contributed by atoms with E-state index in [0.717, 1.165) is 0 Å². The Morgan fingerprint density at radius 2 is 2.04 bits per heavy atom. The number of fused-ring (bicyclic) bond motifs is 1. The van der Waals surface area contributed by atoms with Crippen LogP contribution in [0.1, 0.15) is 29.9 Å². The molecule has 0 atom stereocenters. The number of carbonyl (C=O) groups excluding carboxylic acids is 1. The van der Waals surface area contributed by atoms with Crippen LogP contribution in [0, 0.1) is 12.7 Å². The van der Waals surface area contributed by atoms with Crippen molar-refractivity contribution in [2.45, 2.75) is 26.9 Å². The maximum atomic E-state index is 13.5. The highest BCUT2D eigenvalue weighted by Gasteiger charge is 2.11. The summed E-state index contributed by atoms with van der Waals surface area (Å²) in [5, 5.41) is 8.32. The summed E-state index contributed by atoms with van der Waals surface area (Å²) in [6.07, 6.45) is 1.11. The van der Waals surface area contributed by atoms with Crippen LogP contribution in [0.25, 0.3) is 5.65 Å². The summed E-state index contributed by atoms with van der Waals surface area (Å²) in [5.74, 6) is -0.371. The van der Waals surface area contributed by atoms with Gasteiger partial charge in [0.1, 0.15) is 11.5 Å². The zero-order valence-electron chi connectivity index (χ0n) is 14.1. The maximum absolute atomic E-state index is 13.5. The molecule has 0 amide bonds. The van der Waals surface area contributed by atoms with Crippen molar-refractivity contribution in [3.63, 3.8) is 0 Å². The Labute approximate surface area is 144 Å². The van der Waals surface area contributed by atoms with Crippen LogP contribution >= 0.6 is 0 Å². The summed E-state index contributed by atoms with van der Waals surface area (Å²) in [4.78, 5) is 16.3. The molecule has 2 aromatic heterocycles. The number of pyridine rings is 1. The first-order chi connectivity index (χ1) is 11.9. The topological polar surface area (TPSA) is 68.3 Å². The van der Waals surface area contributed by atoms with Crippen molar-refractivity contribution >= 4 is 23.1 Å². The first kappa shape index (κ1) is 16.8. The molecule has 7 heteroatoms. The van der Waals surface area contributed by atoms with Gasteiger partial charge in [0, 0.05) is 6.20 Å². The molecule has 25 heavy (non-hydrogen) atoms. The van der Waals surface area contributed by atoms with Crippen LogP contribution in [-0.2, 0) is 4.74 Å². The van der Waals surface area contributed by atoms with Gasteiger partial charge in [-0.25, -0.2) is 14.2 Å². The standard InChI is InChI=1S/C18H17FN4O2/c1-11(2)25-18(24)13-5-4-6-15(9-13)21-22-17-12(3)20-16-8-7-14(19)10-23(16)17/h4-11H,1-3H3. The molecule has 1 aromatic carbocycles. The van der Waals surface area contributed by atoms with Gasteiger partial charge in [-0.3, -0.25) is 4.40 Å². The lowest BCUT2D eigenvalue weighted by atomic mass is 10.2. The SMILES string of the molecule is Cc1nc2ccc(F)cn2c1N=Nc1cccc(C(=O)OC(C)C)c1. The third-order valence-corrected chi connectivity index (χ3v) is 3.41. The molecule has 0 aliphatic heterocycles.